The molecule has 2 aromatic rings. The normalized spacial score (nSPS) is 10.9. The van der Waals surface area contributed by atoms with Crippen molar-refractivity contribution in [2.45, 2.75) is 70.2 Å². The smallest absolute Gasteiger partial charge is 0.282 e. The lowest BCUT2D eigenvalue weighted by molar-refractivity contribution is -0.697. The summed E-state index contributed by atoms with van der Waals surface area (Å²) in [6.07, 6.45) is 14.0. The average molecular weight is 379 g/mol. The molecule has 0 radical (unpaired) electrons. The molecule has 0 fully saturated rings. The van der Waals surface area contributed by atoms with Crippen LogP contribution in [0.5, 0.6) is 0 Å². The fourth-order valence-corrected chi connectivity index (χ4v) is 3.03. The van der Waals surface area contributed by atoms with Gasteiger partial charge in [-0.15, -0.1) is 0 Å². The first kappa shape index (κ1) is 22.3. The second-order valence-corrected chi connectivity index (χ2v) is 7.94. The van der Waals surface area contributed by atoms with E-state index >= 15 is 0 Å². The van der Waals surface area contributed by atoms with Crippen molar-refractivity contribution >= 4 is 10.1 Å². The fourth-order valence-electron chi connectivity index (χ4n) is 2.55. The molecule has 1 N–H and O–H groups in total. The van der Waals surface area contributed by atoms with E-state index in [1.807, 2.05) is 6.92 Å². The highest BCUT2D eigenvalue weighted by atomic mass is 32.2. The third kappa shape index (κ3) is 10.3. The monoisotopic (exact) mass is 378 g/mol. The number of unbranched alkanes of at least 4 members (excludes halogenated alkanes) is 6. The summed E-state index contributed by atoms with van der Waals surface area (Å²) >= 11 is 0. The molecule has 144 valence electrons. The van der Waals surface area contributed by atoms with Crippen molar-refractivity contribution in [1.29, 1.82) is 0 Å². The van der Waals surface area contributed by atoms with Gasteiger partial charge in [-0.05, 0) is 25.5 Å². The van der Waals surface area contributed by atoms with Crippen molar-refractivity contribution in [3.05, 3.63) is 60.4 Å². The maximum absolute atomic E-state index is 10.5. The number of nitrogens with zero attached hydrogens (tertiary/aromatic N) is 1. The standard InChI is InChI=1S/C14H24N.C7H8O3S/c1-2-3-4-5-6-7-9-12-15-13-10-8-11-14-15;1-6-2-4-7(5-3-6)11(8,9)10/h8,10-11,13-14H,2-7,9,12H2,1H3;2-5H,1H3,(H,8,9,10)/q+1;. The van der Waals surface area contributed by atoms with Crippen LogP contribution in [0.1, 0.15) is 57.4 Å². The molecule has 0 aliphatic carbocycles. The van der Waals surface area contributed by atoms with Crippen molar-refractivity contribution < 1.29 is 17.5 Å². The first-order valence-corrected chi connectivity index (χ1v) is 10.9. The number of pyridine rings is 1. The Balaban J connectivity index is 0.000000273. The first-order valence-electron chi connectivity index (χ1n) is 9.41. The molecule has 0 spiro atoms. The average Bonchev–Trinajstić information content (AvgIpc) is 2.62. The number of aromatic nitrogens is 1. The van der Waals surface area contributed by atoms with Crippen LogP contribution >= 0.6 is 0 Å². The third-order valence-electron chi connectivity index (χ3n) is 4.12. The van der Waals surface area contributed by atoms with Crippen molar-refractivity contribution in [2.75, 3.05) is 0 Å². The van der Waals surface area contributed by atoms with Gasteiger partial charge < -0.3 is 0 Å². The Morgan fingerprint density at radius 1 is 0.846 bits per heavy atom. The first-order chi connectivity index (χ1) is 12.4. The summed E-state index contributed by atoms with van der Waals surface area (Å²) in [6, 6.07) is 12.3. The van der Waals surface area contributed by atoms with Gasteiger partial charge in [0, 0.05) is 18.6 Å². The molecule has 0 bridgehead atoms. The van der Waals surface area contributed by atoms with Gasteiger partial charge in [0.15, 0.2) is 12.4 Å². The van der Waals surface area contributed by atoms with Crippen LogP contribution in [-0.2, 0) is 16.7 Å². The molecule has 1 aromatic carbocycles. The van der Waals surface area contributed by atoms with Gasteiger partial charge in [0.1, 0.15) is 6.54 Å². The van der Waals surface area contributed by atoms with Gasteiger partial charge in [0.25, 0.3) is 10.1 Å². The highest BCUT2D eigenvalue weighted by Crippen LogP contribution is 2.08. The molecule has 0 saturated heterocycles. The molecule has 0 unspecified atom stereocenters. The molecular weight excluding hydrogens is 346 g/mol. The summed E-state index contributed by atoms with van der Waals surface area (Å²) in [7, 11) is -4.02. The zero-order chi connectivity index (χ0) is 19.3. The molecule has 1 heterocycles. The molecule has 1 aromatic heterocycles. The highest BCUT2D eigenvalue weighted by molar-refractivity contribution is 7.85. The summed E-state index contributed by atoms with van der Waals surface area (Å²) in [5.74, 6) is 0. The van der Waals surface area contributed by atoms with Crippen LogP contribution in [0.2, 0.25) is 0 Å². The van der Waals surface area contributed by atoms with Crippen molar-refractivity contribution in [3.8, 4) is 0 Å². The number of aryl methyl sites for hydroxylation is 2. The number of benzene rings is 1. The lowest BCUT2D eigenvalue weighted by Gasteiger charge is -1.99. The Bertz CT molecular complexity index is 698. The van der Waals surface area contributed by atoms with Crippen LogP contribution in [0.25, 0.3) is 0 Å². The Labute approximate surface area is 158 Å². The molecule has 0 atom stereocenters. The highest BCUT2D eigenvalue weighted by Gasteiger charge is 2.06. The Morgan fingerprint density at radius 2 is 1.38 bits per heavy atom. The van der Waals surface area contributed by atoms with Gasteiger partial charge >= 0.3 is 0 Å². The van der Waals surface area contributed by atoms with Crippen LogP contribution in [-0.4, -0.2) is 13.0 Å². The van der Waals surface area contributed by atoms with Gasteiger partial charge in [-0.1, -0.05) is 62.8 Å². The number of hydrogen-bond acceptors (Lipinski definition) is 2. The predicted molar refractivity (Wildman–Crippen MR) is 106 cm³/mol. The molecule has 5 heteroatoms. The van der Waals surface area contributed by atoms with Crippen molar-refractivity contribution in [3.63, 3.8) is 0 Å². The predicted octanol–water partition coefficient (Wildman–Crippen LogP) is 4.97. The minimum absolute atomic E-state index is 0.0666. The Hall–Kier alpha value is -1.72. The van der Waals surface area contributed by atoms with Gasteiger partial charge in [-0.2, -0.15) is 8.42 Å². The Morgan fingerprint density at radius 3 is 1.92 bits per heavy atom. The second kappa shape index (κ2) is 12.6. The molecule has 0 saturated carbocycles. The summed E-state index contributed by atoms with van der Waals surface area (Å²) in [6.45, 7) is 5.29. The van der Waals surface area contributed by atoms with Crippen LogP contribution in [0.4, 0.5) is 0 Å². The lowest BCUT2D eigenvalue weighted by atomic mass is 10.1. The fraction of sp³-hybridized carbons (Fsp3) is 0.476. The zero-order valence-corrected chi connectivity index (χ0v) is 16.8. The topological polar surface area (TPSA) is 58.2 Å². The van der Waals surface area contributed by atoms with E-state index in [2.05, 4.69) is 42.1 Å². The SMILES string of the molecule is CCCCCCCCC[n+]1ccccc1.Cc1ccc(S(=O)(=O)O)cc1. The minimum Gasteiger partial charge on any atom is -0.282 e. The summed E-state index contributed by atoms with van der Waals surface area (Å²) in [5, 5.41) is 0. The van der Waals surface area contributed by atoms with E-state index < -0.39 is 10.1 Å². The summed E-state index contributed by atoms with van der Waals surface area (Å²) in [5.41, 5.74) is 0.956. The van der Waals surface area contributed by atoms with Crippen LogP contribution in [0.3, 0.4) is 0 Å². The maximum atomic E-state index is 10.5. The van der Waals surface area contributed by atoms with Crippen LogP contribution in [0, 0.1) is 6.92 Å². The summed E-state index contributed by atoms with van der Waals surface area (Å²) in [4.78, 5) is -0.0666. The molecular formula is C21H32NO3S+. The quantitative estimate of drug-likeness (QED) is 0.381. The number of hydrogen-bond donors (Lipinski definition) is 1. The number of rotatable bonds is 9. The van der Waals surface area contributed by atoms with Crippen molar-refractivity contribution in [1.82, 2.24) is 0 Å². The van der Waals surface area contributed by atoms with Gasteiger partial charge in [0.05, 0.1) is 4.90 Å². The van der Waals surface area contributed by atoms with E-state index in [1.54, 1.807) is 12.1 Å². The lowest BCUT2D eigenvalue weighted by Crippen LogP contribution is -2.32. The molecule has 0 amide bonds. The minimum atomic E-state index is -4.02. The largest absolute Gasteiger partial charge is 0.294 e. The Kier molecular flexibility index (Phi) is 10.8. The van der Waals surface area contributed by atoms with Crippen molar-refractivity contribution in [2.24, 2.45) is 0 Å². The van der Waals surface area contributed by atoms with Crippen LogP contribution in [0.15, 0.2) is 59.8 Å². The molecule has 2 rings (SSSR count). The van der Waals surface area contributed by atoms with E-state index in [-0.39, 0.29) is 4.90 Å². The molecule has 26 heavy (non-hydrogen) atoms. The molecule has 0 aliphatic heterocycles. The van der Waals surface area contributed by atoms with Gasteiger partial charge in [0.2, 0.25) is 0 Å². The van der Waals surface area contributed by atoms with E-state index in [1.165, 1.54) is 63.6 Å². The summed E-state index contributed by atoms with van der Waals surface area (Å²) < 4.78 is 31.8. The van der Waals surface area contributed by atoms with Gasteiger partial charge in [-0.3, -0.25) is 4.55 Å². The third-order valence-corrected chi connectivity index (χ3v) is 4.98. The molecule has 4 nitrogen and oxygen atoms in total. The van der Waals surface area contributed by atoms with Crippen LogP contribution < -0.4 is 4.57 Å². The van der Waals surface area contributed by atoms with E-state index in [9.17, 15) is 8.42 Å². The molecule has 0 aliphatic rings. The van der Waals surface area contributed by atoms with Gasteiger partial charge in [-0.25, -0.2) is 4.57 Å². The van der Waals surface area contributed by atoms with E-state index in [0.717, 1.165) is 5.56 Å². The second-order valence-electron chi connectivity index (χ2n) is 6.52. The van der Waals surface area contributed by atoms with E-state index in [4.69, 9.17) is 4.55 Å². The maximum Gasteiger partial charge on any atom is 0.294 e. The van der Waals surface area contributed by atoms with E-state index in [0.29, 0.717) is 0 Å². The zero-order valence-electron chi connectivity index (χ0n) is 16.0.